The van der Waals surface area contributed by atoms with Crippen LogP contribution in [-0.2, 0) is 4.79 Å². The summed E-state index contributed by atoms with van der Waals surface area (Å²) in [5, 5.41) is 6.88. The lowest BCUT2D eigenvalue weighted by atomic mass is 10.0. The zero-order chi connectivity index (χ0) is 24.2. The van der Waals surface area contributed by atoms with Gasteiger partial charge in [0.05, 0.1) is 24.9 Å². The van der Waals surface area contributed by atoms with E-state index in [4.69, 9.17) is 17.0 Å². The van der Waals surface area contributed by atoms with Gasteiger partial charge in [0.25, 0.3) is 0 Å². The number of pyridine rings is 1. The van der Waals surface area contributed by atoms with E-state index in [1.165, 1.54) is 0 Å². The predicted octanol–water partition coefficient (Wildman–Crippen LogP) is 4.49. The molecular formula is C27H25N5O2S. The Morgan fingerprint density at radius 2 is 1.80 bits per heavy atom. The van der Waals surface area contributed by atoms with Crippen molar-refractivity contribution in [1.29, 1.82) is 0 Å². The third kappa shape index (κ3) is 4.74. The molecule has 7 nitrogen and oxygen atoms in total. The summed E-state index contributed by atoms with van der Waals surface area (Å²) in [7, 11) is 1.65. The molecule has 0 bridgehead atoms. The second-order valence-corrected chi connectivity index (χ2v) is 8.56. The number of hydrogen-bond acceptors (Lipinski definition) is 4. The van der Waals surface area contributed by atoms with Crippen molar-refractivity contribution >= 4 is 28.9 Å². The number of carbonyl (C=O) groups is 1. The third-order valence-corrected chi connectivity index (χ3v) is 6.36. The van der Waals surface area contributed by atoms with Gasteiger partial charge in [-0.1, -0.05) is 24.3 Å². The first-order valence-electron chi connectivity index (χ1n) is 11.3. The van der Waals surface area contributed by atoms with Gasteiger partial charge in [0, 0.05) is 29.5 Å². The van der Waals surface area contributed by atoms with Gasteiger partial charge in [-0.25, -0.2) is 0 Å². The maximum Gasteiger partial charge on any atom is 0.244 e. The molecule has 2 unspecified atom stereocenters. The molecule has 3 heterocycles. The average molecular weight is 484 g/mol. The smallest absolute Gasteiger partial charge is 0.244 e. The molecule has 5 rings (SSSR count). The minimum Gasteiger partial charge on any atom is -0.497 e. The highest BCUT2D eigenvalue weighted by Gasteiger charge is 2.42. The molecule has 1 amide bonds. The molecular weight excluding hydrogens is 458 g/mol. The molecule has 4 aromatic rings. The van der Waals surface area contributed by atoms with Gasteiger partial charge >= 0.3 is 0 Å². The van der Waals surface area contributed by atoms with Crippen LogP contribution in [-0.4, -0.2) is 39.1 Å². The molecule has 1 saturated heterocycles. The summed E-state index contributed by atoms with van der Waals surface area (Å²) in [4.78, 5) is 19.5. The van der Waals surface area contributed by atoms with Gasteiger partial charge in [-0.15, -0.1) is 0 Å². The van der Waals surface area contributed by atoms with Gasteiger partial charge in [-0.05, 0) is 72.9 Å². The average Bonchev–Trinajstić information content (AvgIpc) is 3.50. The van der Waals surface area contributed by atoms with Crippen molar-refractivity contribution in [2.45, 2.75) is 12.1 Å². The first-order chi connectivity index (χ1) is 17.1. The third-order valence-electron chi connectivity index (χ3n) is 6.00. The van der Waals surface area contributed by atoms with Gasteiger partial charge in [-0.3, -0.25) is 9.78 Å². The lowest BCUT2D eigenvalue weighted by Gasteiger charge is -2.28. The molecule has 2 aromatic heterocycles. The Labute approximate surface area is 209 Å². The number of nitrogens with one attached hydrogen (secondary N) is 2. The fraction of sp³-hybridized carbons (Fsp3) is 0.148. The summed E-state index contributed by atoms with van der Waals surface area (Å²) in [6.45, 7) is 0.0997. The minimum absolute atomic E-state index is 0.0997. The minimum atomic E-state index is -0.254. The molecule has 1 aliphatic heterocycles. The van der Waals surface area contributed by atoms with Crippen LogP contribution in [0.1, 0.15) is 23.5 Å². The molecule has 2 atom stereocenters. The van der Waals surface area contributed by atoms with E-state index in [1.54, 1.807) is 13.3 Å². The number of hydrogen-bond donors (Lipinski definition) is 2. The number of ether oxygens (including phenoxy) is 1. The van der Waals surface area contributed by atoms with E-state index in [1.807, 2.05) is 90.0 Å². The van der Waals surface area contributed by atoms with Gasteiger partial charge in [0.1, 0.15) is 12.3 Å². The summed E-state index contributed by atoms with van der Waals surface area (Å²) >= 11 is 5.73. The SMILES string of the molecule is COc1ccc(-n2cccc2C2C(c3ccccn3)NC(=S)N2CC(=O)Nc2ccccc2)cc1. The lowest BCUT2D eigenvalue weighted by molar-refractivity contribution is -0.116. The monoisotopic (exact) mass is 483 g/mol. The van der Waals surface area contributed by atoms with Crippen molar-refractivity contribution in [3.05, 3.63) is 109 Å². The van der Waals surface area contributed by atoms with Crippen molar-refractivity contribution in [3.63, 3.8) is 0 Å². The second-order valence-electron chi connectivity index (χ2n) is 8.17. The Morgan fingerprint density at radius 1 is 1.03 bits per heavy atom. The Bertz CT molecular complexity index is 1310. The van der Waals surface area contributed by atoms with Crippen LogP contribution in [0.15, 0.2) is 97.3 Å². The summed E-state index contributed by atoms with van der Waals surface area (Å²) in [5.74, 6) is 0.645. The number of rotatable bonds is 7. The summed E-state index contributed by atoms with van der Waals surface area (Å²) in [5.41, 5.74) is 3.58. The van der Waals surface area contributed by atoms with E-state index in [2.05, 4.69) is 26.3 Å². The molecule has 0 radical (unpaired) electrons. The molecule has 1 aliphatic rings. The lowest BCUT2D eigenvalue weighted by Crippen LogP contribution is -2.37. The highest BCUT2D eigenvalue weighted by molar-refractivity contribution is 7.80. The first kappa shape index (κ1) is 22.6. The number of amides is 1. The van der Waals surface area contributed by atoms with Gasteiger partial charge < -0.3 is 24.8 Å². The number of carbonyl (C=O) groups excluding carboxylic acids is 1. The van der Waals surface area contributed by atoms with Crippen molar-refractivity contribution in [2.75, 3.05) is 19.0 Å². The van der Waals surface area contributed by atoms with Gasteiger partial charge in [0.15, 0.2) is 5.11 Å². The first-order valence-corrected chi connectivity index (χ1v) is 11.7. The van der Waals surface area contributed by atoms with Crippen molar-refractivity contribution in [3.8, 4) is 11.4 Å². The number of benzene rings is 2. The molecule has 0 aliphatic carbocycles. The van der Waals surface area contributed by atoms with Crippen LogP contribution < -0.4 is 15.4 Å². The van der Waals surface area contributed by atoms with E-state index in [0.717, 1.165) is 28.5 Å². The highest BCUT2D eigenvalue weighted by Crippen LogP contribution is 2.39. The molecule has 1 fully saturated rings. The number of anilines is 1. The molecule has 2 aromatic carbocycles. The second kappa shape index (κ2) is 9.99. The summed E-state index contributed by atoms with van der Waals surface area (Å²) in [6, 6.07) is 26.7. The number of para-hydroxylation sites is 1. The van der Waals surface area contributed by atoms with E-state index in [9.17, 15) is 4.79 Å². The quantitative estimate of drug-likeness (QED) is 0.378. The molecule has 0 spiro atoms. The summed E-state index contributed by atoms with van der Waals surface area (Å²) in [6.07, 6.45) is 3.78. The van der Waals surface area contributed by atoms with E-state index in [0.29, 0.717) is 5.11 Å². The standard InChI is InChI=1S/C27H25N5O2S/c1-34-21-14-12-20(13-15-21)31-17-7-11-23(31)26-25(22-10-5-6-16-28-22)30-27(35)32(26)18-24(33)29-19-8-3-2-4-9-19/h2-17,25-26H,18H2,1H3,(H,29,33)(H,30,35). The zero-order valence-electron chi connectivity index (χ0n) is 19.2. The van der Waals surface area contributed by atoms with Crippen molar-refractivity contribution in [2.24, 2.45) is 0 Å². The molecule has 2 N–H and O–H groups in total. The van der Waals surface area contributed by atoms with Crippen LogP contribution in [0, 0.1) is 0 Å². The predicted molar refractivity (Wildman–Crippen MR) is 140 cm³/mol. The maximum atomic E-state index is 13.0. The Balaban J connectivity index is 1.50. The van der Waals surface area contributed by atoms with Crippen LogP contribution >= 0.6 is 12.2 Å². The maximum absolute atomic E-state index is 13.0. The Kier molecular flexibility index (Phi) is 6.45. The van der Waals surface area contributed by atoms with Crippen LogP contribution in [0.2, 0.25) is 0 Å². The van der Waals surface area contributed by atoms with Gasteiger partial charge in [0.2, 0.25) is 5.91 Å². The van der Waals surface area contributed by atoms with Crippen LogP contribution in [0.3, 0.4) is 0 Å². The Hall–Kier alpha value is -4.17. The highest BCUT2D eigenvalue weighted by atomic mass is 32.1. The topological polar surface area (TPSA) is 71.4 Å². The van der Waals surface area contributed by atoms with Crippen molar-refractivity contribution in [1.82, 2.24) is 19.8 Å². The van der Waals surface area contributed by atoms with Crippen LogP contribution in [0.25, 0.3) is 5.69 Å². The van der Waals surface area contributed by atoms with Gasteiger partial charge in [-0.2, -0.15) is 0 Å². The number of nitrogens with zero attached hydrogens (tertiary/aromatic N) is 3. The largest absolute Gasteiger partial charge is 0.497 e. The zero-order valence-corrected chi connectivity index (χ0v) is 20.0. The molecule has 0 saturated carbocycles. The summed E-state index contributed by atoms with van der Waals surface area (Å²) < 4.78 is 7.43. The normalized spacial score (nSPS) is 17.2. The van der Waals surface area contributed by atoms with Crippen molar-refractivity contribution < 1.29 is 9.53 Å². The Morgan fingerprint density at radius 3 is 2.51 bits per heavy atom. The number of thiocarbonyl (C=S) groups is 1. The fourth-order valence-corrected chi connectivity index (χ4v) is 4.69. The van der Waals surface area contributed by atoms with E-state index >= 15 is 0 Å². The number of methoxy groups -OCH3 is 1. The number of aromatic nitrogens is 2. The van der Waals surface area contributed by atoms with Crippen LogP contribution in [0.4, 0.5) is 5.69 Å². The van der Waals surface area contributed by atoms with E-state index < -0.39 is 0 Å². The molecule has 8 heteroatoms. The fourth-order valence-electron chi connectivity index (χ4n) is 4.39. The molecule has 176 valence electrons. The van der Waals surface area contributed by atoms with Crippen LogP contribution in [0.5, 0.6) is 5.75 Å². The van der Waals surface area contributed by atoms with E-state index in [-0.39, 0.29) is 24.5 Å². The molecule has 35 heavy (non-hydrogen) atoms.